The standard InChI is InChI=1S/C14H14N4O3/c15-14(19)10-4-5-12(13(9-10)18(20)21)17-8-6-11-3-1-2-7-16-11/h1-5,7,9,17H,6,8H2,(H2,15,19). The summed E-state index contributed by atoms with van der Waals surface area (Å²) in [6, 6.07) is 9.70. The molecule has 2 aromatic rings. The van der Waals surface area contributed by atoms with E-state index in [1.165, 1.54) is 18.2 Å². The highest BCUT2D eigenvalue weighted by molar-refractivity contribution is 5.94. The first kappa shape index (κ1) is 14.4. The maximum atomic E-state index is 11.1. The summed E-state index contributed by atoms with van der Waals surface area (Å²) >= 11 is 0. The molecule has 1 aromatic carbocycles. The molecule has 1 heterocycles. The average molecular weight is 286 g/mol. The Bertz CT molecular complexity index is 659. The number of carbonyl (C=O) groups is 1. The first-order valence-corrected chi connectivity index (χ1v) is 6.30. The summed E-state index contributed by atoms with van der Waals surface area (Å²) in [5.74, 6) is -0.696. The van der Waals surface area contributed by atoms with Crippen molar-refractivity contribution in [2.45, 2.75) is 6.42 Å². The minimum Gasteiger partial charge on any atom is -0.379 e. The molecule has 0 radical (unpaired) electrons. The lowest BCUT2D eigenvalue weighted by Gasteiger charge is -2.07. The van der Waals surface area contributed by atoms with Crippen molar-refractivity contribution >= 4 is 17.3 Å². The Kier molecular flexibility index (Phi) is 4.45. The third kappa shape index (κ3) is 3.75. The maximum Gasteiger partial charge on any atom is 0.293 e. The van der Waals surface area contributed by atoms with Gasteiger partial charge in [-0.25, -0.2) is 0 Å². The Morgan fingerprint density at radius 1 is 1.33 bits per heavy atom. The lowest BCUT2D eigenvalue weighted by atomic mass is 10.1. The molecule has 7 heteroatoms. The summed E-state index contributed by atoms with van der Waals surface area (Å²) in [6.07, 6.45) is 2.33. The van der Waals surface area contributed by atoms with Crippen molar-refractivity contribution in [3.63, 3.8) is 0 Å². The number of rotatable bonds is 6. The van der Waals surface area contributed by atoms with Gasteiger partial charge in [0, 0.05) is 36.5 Å². The lowest BCUT2D eigenvalue weighted by molar-refractivity contribution is -0.384. The lowest BCUT2D eigenvalue weighted by Crippen LogP contribution is -2.12. The highest BCUT2D eigenvalue weighted by Gasteiger charge is 2.16. The molecule has 21 heavy (non-hydrogen) atoms. The Balaban J connectivity index is 2.09. The number of nitro benzene ring substituents is 1. The number of pyridine rings is 1. The van der Waals surface area contributed by atoms with E-state index < -0.39 is 10.8 Å². The van der Waals surface area contributed by atoms with Gasteiger partial charge in [-0.3, -0.25) is 19.9 Å². The smallest absolute Gasteiger partial charge is 0.293 e. The molecule has 7 nitrogen and oxygen atoms in total. The monoisotopic (exact) mass is 286 g/mol. The normalized spacial score (nSPS) is 10.1. The number of hydrogen-bond acceptors (Lipinski definition) is 5. The molecule has 0 fully saturated rings. The van der Waals surface area contributed by atoms with E-state index in [0.717, 1.165) is 5.69 Å². The summed E-state index contributed by atoms with van der Waals surface area (Å²) in [5.41, 5.74) is 6.29. The molecule has 0 saturated heterocycles. The van der Waals surface area contributed by atoms with Crippen molar-refractivity contribution in [2.75, 3.05) is 11.9 Å². The summed E-state index contributed by atoms with van der Waals surface area (Å²) in [4.78, 5) is 25.7. The minimum atomic E-state index is -0.696. The van der Waals surface area contributed by atoms with Crippen molar-refractivity contribution in [1.29, 1.82) is 0 Å². The number of anilines is 1. The Morgan fingerprint density at radius 3 is 2.76 bits per heavy atom. The molecular weight excluding hydrogens is 272 g/mol. The van der Waals surface area contributed by atoms with Gasteiger partial charge in [0.15, 0.2) is 0 Å². The average Bonchev–Trinajstić information content (AvgIpc) is 2.48. The number of nitrogens with two attached hydrogens (primary N) is 1. The zero-order chi connectivity index (χ0) is 15.2. The molecule has 1 amide bonds. The predicted molar refractivity (Wildman–Crippen MR) is 78.0 cm³/mol. The number of nitro groups is 1. The molecule has 0 aliphatic heterocycles. The maximum absolute atomic E-state index is 11.1. The van der Waals surface area contributed by atoms with Gasteiger partial charge >= 0.3 is 0 Å². The third-order valence-corrected chi connectivity index (χ3v) is 2.90. The highest BCUT2D eigenvalue weighted by Crippen LogP contribution is 2.25. The largest absolute Gasteiger partial charge is 0.379 e. The number of nitrogens with one attached hydrogen (secondary N) is 1. The quantitative estimate of drug-likeness (QED) is 0.620. The molecule has 1 aromatic heterocycles. The fourth-order valence-electron chi connectivity index (χ4n) is 1.86. The van der Waals surface area contributed by atoms with Gasteiger partial charge < -0.3 is 11.1 Å². The number of primary amides is 1. The molecule has 0 saturated carbocycles. The second kappa shape index (κ2) is 6.47. The molecule has 108 valence electrons. The first-order valence-electron chi connectivity index (χ1n) is 6.30. The molecule has 0 aliphatic carbocycles. The molecule has 3 N–H and O–H groups in total. The number of carbonyl (C=O) groups excluding carboxylic acids is 1. The topological polar surface area (TPSA) is 111 Å². The van der Waals surface area contributed by atoms with Gasteiger partial charge in [-0.1, -0.05) is 6.07 Å². The van der Waals surface area contributed by atoms with Crippen molar-refractivity contribution in [1.82, 2.24) is 4.98 Å². The molecule has 0 aliphatic rings. The van der Waals surface area contributed by atoms with Crippen LogP contribution in [-0.4, -0.2) is 22.4 Å². The van der Waals surface area contributed by atoms with Crippen LogP contribution in [0.1, 0.15) is 16.1 Å². The summed E-state index contributed by atoms with van der Waals surface area (Å²) in [6.45, 7) is 0.494. The Hall–Kier alpha value is -2.96. The van der Waals surface area contributed by atoms with Gasteiger partial charge in [0.2, 0.25) is 5.91 Å². The SMILES string of the molecule is NC(=O)c1ccc(NCCc2ccccn2)c([N+](=O)[O-])c1. The van der Waals surface area contributed by atoms with Crippen molar-refractivity contribution < 1.29 is 9.72 Å². The minimum absolute atomic E-state index is 0.108. The van der Waals surface area contributed by atoms with E-state index in [0.29, 0.717) is 18.7 Å². The van der Waals surface area contributed by atoms with Crippen LogP contribution in [0.3, 0.4) is 0 Å². The van der Waals surface area contributed by atoms with Crippen LogP contribution in [0, 0.1) is 10.1 Å². The van der Waals surface area contributed by atoms with Crippen LogP contribution in [0.25, 0.3) is 0 Å². The number of amides is 1. The van der Waals surface area contributed by atoms with Crippen LogP contribution in [0.2, 0.25) is 0 Å². The van der Waals surface area contributed by atoms with Gasteiger partial charge in [0.05, 0.1) is 4.92 Å². The van der Waals surface area contributed by atoms with Crippen LogP contribution in [0.4, 0.5) is 11.4 Å². The van der Waals surface area contributed by atoms with Gasteiger partial charge in [0.25, 0.3) is 5.69 Å². The number of benzene rings is 1. The predicted octanol–water partition coefficient (Wildman–Crippen LogP) is 1.74. The Morgan fingerprint density at radius 2 is 2.14 bits per heavy atom. The second-order valence-electron chi connectivity index (χ2n) is 4.35. The van der Waals surface area contributed by atoms with E-state index in [4.69, 9.17) is 5.73 Å². The van der Waals surface area contributed by atoms with E-state index in [-0.39, 0.29) is 11.3 Å². The molecule has 2 rings (SSSR count). The molecule has 0 spiro atoms. The summed E-state index contributed by atoms with van der Waals surface area (Å²) in [5, 5.41) is 14.0. The van der Waals surface area contributed by atoms with E-state index in [9.17, 15) is 14.9 Å². The van der Waals surface area contributed by atoms with Crippen LogP contribution in [-0.2, 0) is 6.42 Å². The number of aromatic nitrogens is 1. The van der Waals surface area contributed by atoms with E-state index in [1.807, 2.05) is 18.2 Å². The summed E-state index contributed by atoms with van der Waals surface area (Å²) in [7, 11) is 0. The fraction of sp³-hybridized carbons (Fsp3) is 0.143. The van der Waals surface area contributed by atoms with Gasteiger partial charge in [-0.05, 0) is 24.3 Å². The van der Waals surface area contributed by atoms with Gasteiger partial charge in [0.1, 0.15) is 5.69 Å². The fourth-order valence-corrected chi connectivity index (χ4v) is 1.86. The van der Waals surface area contributed by atoms with Crippen LogP contribution < -0.4 is 11.1 Å². The third-order valence-electron chi connectivity index (χ3n) is 2.90. The van der Waals surface area contributed by atoms with E-state index in [1.54, 1.807) is 6.20 Å². The van der Waals surface area contributed by atoms with E-state index >= 15 is 0 Å². The first-order chi connectivity index (χ1) is 10.1. The second-order valence-corrected chi connectivity index (χ2v) is 4.35. The molecular formula is C14H14N4O3. The zero-order valence-corrected chi connectivity index (χ0v) is 11.2. The van der Waals surface area contributed by atoms with Crippen molar-refractivity contribution in [2.24, 2.45) is 5.73 Å². The summed E-state index contributed by atoms with van der Waals surface area (Å²) < 4.78 is 0. The van der Waals surface area contributed by atoms with Crippen LogP contribution in [0.5, 0.6) is 0 Å². The Labute approximate surface area is 121 Å². The highest BCUT2D eigenvalue weighted by atomic mass is 16.6. The molecule has 0 bridgehead atoms. The van der Waals surface area contributed by atoms with Crippen molar-refractivity contribution in [3.8, 4) is 0 Å². The molecule has 0 unspecified atom stereocenters. The zero-order valence-electron chi connectivity index (χ0n) is 11.2. The number of nitrogens with zero attached hydrogens (tertiary/aromatic N) is 2. The number of hydrogen-bond donors (Lipinski definition) is 2. The van der Waals surface area contributed by atoms with Crippen LogP contribution >= 0.6 is 0 Å². The van der Waals surface area contributed by atoms with Gasteiger partial charge in [-0.15, -0.1) is 0 Å². The molecule has 0 atom stereocenters. The van der Waals surface area contributed by atoms with Gasteiger partial charge in [-0.2, -0.15) is 0 Å². The van der Waals surface area contributed by atoms with E-state index in [2.05, 4.69) is 10.3 Å². The van der Waals surface area contributed by atoms with Crippen molar-refractivity contribution in [3.05, 3.63) is 64.0 Å². The van der Waals surface area contributed by atoms with Crippen LogP contribution in [0.15, 0.2) is 42.6 Å².